The third kappa shape index (κ3) is 1.40. The molecule has 1 aromatic rings. The van der Waals surface area contributed by atoms with Crippen LogP contribution in [0.3, 0.4) is 0 Å². The summed E-state index contributed by atoms with van der Waals surface area (Å²) in [4.78, 5) is 13.4. The Morgan fingerprint density at radius 1 is 1.60 bits per heavy atom. The highest BCUT2D eigenvalue weighted by Gasteiger charge is 1.90. The fraction of sp³-hybridized carbons (Fsp3) is 0.167. The lowest BCUT2D eigenvalue weighted by molar-refractivity contribution is 1.22. The van der Waals surface area contributed by atoms with Crippen LogP contribution in [0.15, 0.2) is 16.9 Å². The smallest absolute Gasteiger partial charge is 0.249 e. The molecule has 52 valence electrons. The van der Waals surface area contributed by atoms with Gasteiger partial charge in [-0.3, -0.25) is 4.79 Å². The molecule has 0 aliphatic heterocycles. The van der Waals surface area contributed by atoms with E-state index in [0.717, 1.165) is 11.4 Å². The van der Waals surface area contributed by atoms with E-state index in [1.165, 1.54) is 0 Å². The Kier molecular flexibility index (Phi) is 1.80. The van der Waals surface area contributed by atoms with Crippen LogP contribution in [0.25, 0.3) is 0 Å². The van der Waals surface area contributed by atoms with Gasteiger partial charge in [0.2, 0.25) is 13.5 Å². The Hall–Kier alpha value is -1.19. The van der Waals surface area contributed by atoms with Crippen LogP contribution in [0.2, 0.25) is 0 Å². The van der Waals surface area contributed by atoms with Crippen molar-refractivity contribution in [1.29, 1.82) is 0 Å². The summed E-state index contributed by atoms with van der Waals surface area (Å²) in [5.41, 5.74) is 0.900. The zero-order valence-electron chi connectivity index (χ0n) is 6.06. The second-order valence-electron chi connectivity index (χ2n) is 2.19. The van der Waals surface area contributed by atoms with Crippen LogP contribution in [0.4, 0.5) is 5.82 Å². The van der Waals surface area contributed by atoms with Crippen molar-refractivity contribution >= 4 is 13.8 Å². The molecule has 4 heteroatoms. The number of aromatic amines is 1. The molecule has 0 aromatic carbocycles. The van der Waals surface area contributed by atoms with E-state index in [2.05, 4.69) is 10.2 Å². The largest absolute Gasteiger partial charge is 0.421 e. The second kappa shape index (κ2) is 2.60. The van der Waals surface area contributed by atoms with E-state index in [1.807, 2.05) is 13.0 Å². The van der Waals surface area contributed by atoms with E-state index in [-0.39, 0.29) is 5.56 Å². The maximum atomic E-state index is 10.8. The average molecular weight is 136 g/mol. The number of pyridine rings is 1. The molecule has 0 fully saturated rings. The summed E-state index contributed by atoms with van der Waals surface area (Å²) in [5, 5.41) is 2.85. The molecular formula is C6H9BN2O. The molecule has 1 aromatic heterocycles. The summed E-state index contributed by atoms with van der Waals surface area (Å²) in [5.74, 6) is 0.755. The molecule has 0 saturated heterocycles. The van der Waals surface area contributed by atoms with Crippen LogP contribution in [-0.4, -0.2) is 13.0 Å². The Bertz CT molecular complexity index is 281. The number of anilines is 1. The number of nitrogens with one attached hydrogen (secondary N) is 2. The van der Waals surface area contributed by atoms with Gasteiger partial charge in [0.15, 0.2) is 0 Å². The van der Waals surface area contributed by atoms with E-state index in [1.54, 1.807) is 14.0 Å². The van der Waals surface area contributed by atoms with Gasteiger partial charge in [0.1, 0.15) is 0 Å². The van der Waals surface area contributed by atoms with E-state index in [0.29, 0.717) is 0 Å². The normalized spacial score (nSPS) is 9.30. The highest BCUT2D eigenvalue weighted by atomic mass is 16.1. The Morgan fingerprint density at radius 3 is 2.80 bits per heavy atom. The van der Waals surface area contributed by atoms with Gasteiger partial charge in [0, 0.05) is 6.07 Å². The summed E-state index contributed by atoms with van der Waals surface area (Å²) >= 11 is 0. The van der Waals surface area contributed by atoms with Gasteiger partial charge in [0.25, 0.3) is 0 Å². The maximum Gasteiger partial charge on any atom is 0.249 e. The van der Waals surface area contributed by atoms with E-state index < -0.39 is 0 Å². The molecule has 0 atom stereocenters. The number of rotatable bonds is 1. The molecule has 3 nitrogen and oxygen atoms in total. The van der Waals surface area contributed by atoms with Crippen LogP contribution in [0.5, 0.6) is 0 Å². The van der Waals surface area contributed by atoms with Crippen molar-refractivity contribution in [3.8, 4) is 0 Å². The first-order valence-corrected chi connectivity index (χ1v) is 3.11. The Labute approximate surface area is 59.9 Å². The lowest BCUT2D eigenvalue weighted by Gasteiger charge is -1.98. The third-order valence-corrected chi connectivity index (χ3v) is 1.26. The zero-order chi connectivity index (χ0) is 7.56. The summed E-state index contributed by atoms with van der Waals surface area (Å²) in [6.45, 7) is 1.88. The summed E-state index contributed by atoms with van der Waals surface area (Å²) < 4.78 is 0. The minimum atomic E-state index is -0.0654. The first-order valence-electron chi connectivity index (χ1n) is 3.11. The highest BCUT2D eigenvalue weighted by Crippen LogP contribution is 1.99. The fourth-order valence-electron chi connectivity index (χ4n) is 0.816. The molecule has 0 spiro atoms. The van der Waals surface area contributed by atoms with Gasteiger partial charge in [-0.1, -0.05) is 0 Å². The highest BCUT2D eigenvalue weighted by molar-refractivity contribution is 6.15. The molecule has 0 aliphatic carbocycles. The fourth-order valence-corrected chi connectivity index (χ4v) is 0.816. The van der Waals surface area contributed by atoms with Gasteiger partial charge in [-0.25, -0.2) is 0 Å². The van der Waals surface area contributed by atoms with Gasteiger partial charge < -0.3 is 10.2 Å². The first-order chi connectivity index (χ1) is 4.72. The van der Waals surface area contributed by atoms with Gasteiger partial charge in [-0.2, -0.15) is 0 Å². The van der Waals surface area contributed by atoms with Crippen molar-refractivity contribution in [3.63, 3.8) is 0 Å². The van der Waals surface area contributed by atoms with Crippen molar-refractivity contribution in [2.75, 3.05) is 5.23 Å². The van der Waals surface area contributed by atoms with Crippen LogP contribution < -0.4 is 10.8 Å². The lowest BCUT2D eigenvalue weighted by atomic mass is 10.3. The third-order valence-electron chi connectivity index (χ3n) is 1.26. The van der Waals surface area contributed by atoms with Gasteiger partial charge >= 0.3 is 0 Å². The second-order valence-corrected chi connectivity index (χ2v) is 2.19. The van der Waals surface area contributed by atoms with E-state index in [9.17, 15) is 4.79 Å². The summed E-state index contributed by atoms with van der Waals surface area (Å²) in [6.07, 6.45) is 0. The summed E-state index contributed by atoms with van der Waals surface area (Å²) in [7, 11) is 1.77. The van der Waals surface area contributed by atoms with Gasteiger partial charge in [-0.15, -0.1) is 0 Å². The van der Waals surface area contributed by atoms with Crippen LogP contribution >= 0.6 is 0 Å². The lowest BCUT2D eigenvalue weighted by Crippen LogP contribution is -2.08. The molecule has 0 saturated carbocycles. The number of aryl methyl sites for hydroxylation is 1. The molecule has 1 heterocycles. The maximum absolute atomic E-state index is 10.8. The van der Waals surface area contributed by atoms with Gasteiger partial charge in [-0.05, 0) is 18.6 Å². The predicted octanol–water partition coefficient (Wildman–Crippen LogP) is -0.357. The minimum absolute atomic E-state index is 0.0654. The van der Waals surface area contributed by atoms with Crippen LogP contribution in [0.1, 0.15) is 5.56 Å². The SMILES string of the molecule is BNc1cc(C)cc(=O)[nH]1. The number of H-pyrrole nitrogens is 1. The van der Waals surface area contributed by atoms with E-state index in [4.69, 9.17) is 0 Å². The molecule has 10 heavy (non-hydrogen) atoms. The van der Waals surface area contributed by atoms with E-state index >= 15 is 0 Å². The predicted molar refractivity (Wildman–Crippen MR) is 44.0 cm³/mol. The number of hydrogen-bond acceptors (Lipinski definition) is 2. The monoisotopic (exact) mass is 136 g/mol. The molecule has 1 rings (SSSR count). The molecular weight excluding hydrogens is 127 g/mol. The molecule has 0 radical (unpaired) electrons. The van der Waals surface area contributed by atoms with Crippen molar-refractivity contribution in [3.05, 3.63) is 28.0 Å². The molecule has 0 aliphatic rings. The first kappa shape index (κ1) is 6.93. The standard InChI is InChI=1S/C6H9BN2O/c1-4-2-5(9-7)8-6(10)3-4/h2-3H,7H2,1H3,(H2,8,9,10). The van der Waals surface area contributed by atoms with Crippen LogP contribution in [0, 0.1) is 6.92 Å². The van der Waals surface area contributed by atoms with Crippen molar-refractivity contribution in [1.82, 2.24) is 4.98 Å². The molecule has 0 unspecified atom stereocenters. The molecule has 2 N–H and O–H groups in total. The van der Waals surface area contributed by atoms with Gasteiger partial charge in [0.05, 0.1) is 5.82 Å². The minimum Gasteiger partial charge on any atom is -0.421 e. The molecule has 0 amide bonds. The average Bonchev–Trinajstić information content (AvgIpc) is 1.85. The quantitative estimate of drug-likeness (QED) is 0.518. The molecule has 0 bridgehead atoms. The summed E-state index contributed by atoms with van der Waals surface area (Å²) in [6, 6.07) is 3.43. The van der Waals surface area contributed by atoms with Crippen molar-refractivity contribution in [2.45, 2.75) is 6.92 Å². The van der Waals surface area contributed by atoms with Crippen molar-refractivity contribution < 1.29 is 0 Å². The number of aromatic nitrogens is 1. The number of hydrogen-bond donors (Lipinski definition) is 2. The Balaban J connectivity index is 3.19. The zero-order valence-corrected chi connectivity index (χ0v) is 6.06. The van der Waals surface area contributed by atoms with Crippen molar-refractivity contribution in [2.24, 2.45) is 0 Å². The Morgan fingerprint density at radius 2 is 2.30 bits per heavy atom. The van der Waals surface area contributed by atoms with Crippen LogP contribution in [-0.2, 0) is 0 Å². The topological polar surface area (TPSA) is 44.9 Å².